The van der Waals surface area contributed by atoms with Gasteiger partial charge in [0.05, 0.1) is 6.07 Å². The number of primary amides is 1. The summed E-state index contributed by atoms with van der Waals surface area (Å²) in [6, 6.07) is 2.33. The van der Waals surface area contributed by atoms with E-state index < -0.39 is 5.54 Å². The largest absolute Gasteiger partial charge is 0.369 e. The summed E-state index contributed by atoms with van der Waals surface area (Å²) in [4.78, 5) is 13.4. The van der Waals surface area contributed by atoms with Crippen molar-refractivity contribution in [3.63, 3.8) is 0 Å². The number of hydrogen-bond donors (Lipinski definition) is 2. The highest BCUT2D eigenvalue weighted by Crippen LogP contribution is 2.18. The Balaban J connectivity index is 2.33. The third-order valence-corrected chi connectivity index (χ3v) is 3.73. The highest BCUT2D eigenvalue weighted by Gasteiger charge is 2.26. The average molecular weight is 252 g/mol. The maximum atomic E-state index is 11.1. The van der Waals surface area contributed by atoms with Crippen LogP contribution in [-0.2, 0) is 4.79 Å². The number of nitriles is 1. The van der Waals surface area contributed by atoms with Crippen LogP contribution in [0.25, 0.3) is 0 Å². The summed E-state index contributed by atoms with van der Waals surface area (Å²) in [6.07, 6.45) is 2.50. The molecule has 1 unspecified atom stereocenters. The van der Waals surface area contributed by atoms with Crippen LogP contribution in [0, 0.1) is 17.2 Å². The molecule has 1 rings (SSSR count). The molecule has 3 N–H and O–H groups in total. The van der Waals surface area contributed by atoms with Gasteiger partial charge in [0.2, 0.25) is 5.91 Å². The first-order valence-corrected chi connectivity index (χ1v) is 6.68. The Bertz CT molecular complexity index is 317. The minimum absolute atomic E-state index is 0.0392. The predicted octanol–water partition coefficient (Wildman–Crippen LogP) is 0.466. The number of amides is 1. The second-order valence-electron chi connectivity index (χ2n) is 5.24. The molecule has 5 heteroatoms. The van der Waals surface area contributed by atoms with Gasteiger partial charge in [-0.3, -0.25) is 10.1 Å². The van der Waals surface area contributed by atoms with Gasteiger partial charge in [0, 0.05) is 12.5 Å². The minimum atomic E-state index is -0.449. The van der Waals surface area contributed by atoms with Gasteiger partial charge in [0.25, 0.3) is 0 Å². The molecule has 18 heavy (non-hydrogen) atoms. The number of nitrogens with two attached hydrogens (primary N) is 1. The van der Waals surface area contributed by atoms with Crippen LogP contribution in [0.15, 0.2) is 0 Å². The van der Waals surface area contributed by atoms with Crippen molar-refractivity contribution < 1.29 is 4.79 Å². The molecule has 1 atom stereocenters. The van der Waals surface area contributed by atoms with Crippen molar-refractivity contribution in [1.29, 1.82) is 5.26 Å². The molecule has 1 heterocycles. The van der Waals surface area contributed by atoms with Gasteiger partial charge in [-0.15, -0.1) is 0 Å². The van der Waals surface area contributed by atoms with E-state index in [1.807, 2.05) is 13.8 Å². The molecule has 0 saturated carbocycles. The molecular formula is C13H24N4O. The van der Waals surface area contributed by atoms with E-state index in [4.69, 9.17) is 11.0 Å². The summed E-state index contributed by atoms with van der Waals surface area (Å²) in [7, 11) is 0. The number of nitrogens with zero attached hydrogens (tertiary/aromatic N) is 2. The van der Waals surface area contributed by atoms with E-state index in [0.717, 1.165) is 45.4 Å². The van der Waals surface area contributed by atoms with Crippen molar-refractivity contribution in [2.24, 2.45) is 11.7 Å². The number of carbonyl (C=O) groups is 1. The van der Waals surface area contributed by atoms with Crippen LogP contribution in [0.2, 0.25) is 0 Å². The minimum Gasteiger partial charge on any atom is -0.369 e. The Labute approximate surface area is 109 Å². The van der Waals surface area contributed by atoms with Crippen molar-refractivity contribution in [3.8, 4) is 6.07 Å². The van der Waals surface area contributed by atoms with E-state index in [1.54, 1.807) is 0 Å². The van der Waals surface area contributed by atoms with Crippen molar-refractivity contribution in [2.75, 3.05) is 26.2 Å². The zero-order valence-corrected chi connectivity index (χ0v) is 11.4. The Morgan fingerprint density at radius 1 is 1.56 bits per heavy atom. The fraction of sp³-hybridized carbons (Fsp3) is 0.846. The van der Waals surface area contributed by atoms with Crippen molar-refractivity contribution >= 4 is 5.91 Å². The molecule has 1 amide bonds. The molecule has 1 fully saturated rings. The molecule has 1 aliphatic rings. The SMILES string of the molecule is CCNC(C)(C#N)CCN1CCC(C(N)=O)CC1. The molecule has 1 aliphatic heterocycles. The molecule has 5 nitrogen and oxygen atoms in total. The normalized spacial score (nSPS) is 21.2. The molecule has 0 aliphatic carbocycles. The Morgan fingerprint density at radius 2 is 2.17 bits per heavy atom. The van der Waals surface area contributed by atoms with Crippen LogP contribution in [0.4, 0.5) is 0 Å². The third-order valence-electron chi connectivity index (χ3n) is 3.73. The van der Waals surface area contributed by atoms with E-state index in [1.165, 1.54) is 0 Å². The van der Waals surface area contributed by atoms with Crippen molar-refractivity contribution in [3.05, 3.63) is 0 Å². The van der Waals surface area contributed by atoms with Crippen LogP contribution in [0.3, 0.4) is 0 Å². The lowest BCUT2D eigenvalue weighted by Crippen LogP contribution is -2.45. The number of hydrogen-bond acceptors (Lipinski definition) is 4. The summed E-state index contributed by atoms with van der Waals surface area (Å²) in [5, 5.41) is 12.4. The summed E-state index contributed by atoms with van der Waals surface area (Å²) < 4.78 is 0. The molecule has 102 valence electrons. The lowest BCUT2D eigenvalue weighted by molar-refractivity contribution is -0.123. The summed E-state index contributed by atoms with van der Waals surface area (Å²) in [6.45, 7) is 7.44. The van der Waals surface area contributed by atoms with Crippen molar-refractivity contribution in [2.45, 2.75) is 38.6 Å². The van der Waals surface area contributed by atoms with Gasteiger partial charge < -0.3 is 10.6 Å². The topological polar surface area (TPSA) is 82.2 Å². The zero-order valence-electron chi connectivity index (χ0n) is 11.4. The van der Waals surface area contributed by atoms with Crippen LogP contribution in [0.5, 0.6) is 0 Å². The molecule has 0 bridgehead atoms. The highest BCUT2D eigenvalue weighted by molar-refractivity contribution is 5.76. The molecule has 0 aromatic carbocycles. The Kier molecular flexibility index (Phi) is 5.57. The standard InChI is InChI=1S/C13H24N4O/c1-3-16-13(2,10-14)6-9-17-7-4-11(5-8-17)12(15)18/h11,16H,3-9H2,1-2H3,(H2,15,18). The smallest absolute Gasteiger partial charge is 0.220 e. The third kappa shape index (κ3) is 4.28. The van der Waals surface area contributed by atoms with Crippen LogP contribution < -0.4 is 11.1 Å². The first kappa shape index (κ1) is 14.9. The van der Waals surface area contributed by atoms with E-state index in [0.29, 0.717) is 0 Å². The number of likely N-dealkylation sites (tertiary alicyclic amines) is 1. The van der Waals surface area contributed by atoms with Gasteiger partial charge in [0.1, 0.15) is 5.54 Å². The first-order chi connectivity index (χ1) is 8.50. The number of rotatable bonds is 6. The maximum Gasteiger partial charge on any atom is 0.220 e. The van der Waals surface area contributed by atoms with Gasteiger partial charge in [-0.05, 0) is 45.8 Å². The van der Waals surface area contributed by atoms with E-state index >= 15 is 0 Å². The quantitative estimate of drug-likeness (QED) is 0.719. The molecule has 0 aromatic heterocycles. The fourth-order valence-corrected chi connectivity index (χ4v) is 2.40. The number of nitrogens with one attached hydrogen (secondary N) is 1. The van der Waals surface area contributed by atoms with Crippen LogP contribution >= 0.6 is 0 Å². The molecule has 0 spiro atoms. The summed E-state index contributed by atoms with van der Waals surface area (Å²) in [5.41, 5.74) is 4.86. The lowest BCUT2D eigenvalue weighted by atomic mass is 9.94. The van der Waals surface area contributed by atoms with Gasteiger partial charge >= 0.3 is 0 Å². The number of piperidine rings is 1. The Morgan fingerprint density at radius 3 is 2.61 bits per heavy atom. The van der Waals surface area contributed by atoms with Crippen molar-refractivity contribution in [1.82, 2.24) is 10.2 Å². The van der Waals surface area contributed by atoms with Gasteiger partial charge in [0.15, 0.2) is 0 Å². The molecular weight excluding hydrogens is 228 g/mol. The zero-order chi connectivity index (χ0) is 13.6. The van der Waals surface area contributed by atoms with Gasteiger partial charge in [-0.2, -0.15) is 5.26 Å². The fourth-order valence-electron chi connectivity index (χ4n) is 2.40. The molecule has 1 saturated heterocycles. The average Bonchev–Trinajstić information content (AvgIpc) is 2.37. The first-order valence-electron chi connectivity index (χ1n) is 6.68. The number of carbonyl (C=O) groups excluding carboxylic acids is 1. The van der Waals surface area contributed by atoms with Gasteiger partial charge in [-0.1, -0.05) is 6.92 Å². The van der Waals surface area contributed by atoms with Crippen LogP contribution in [-0.4, -0.2) is 42.5 Å². The molecule has 0 aromatic rings. The maximum absolute atomic E-state index is 11.1. The lowest BCUT2D eigenvalue weighted by Gasteiger charge is -2.32. The molecule has 0 radical (unpaired) electrons. The van der Waals surface area contributed by atoms with Gasteiger partial charge in [-0.25, -0.2) is 0 Å². The predicted molar refractivity (Wildman–Crippen MR) is 70.7 cm³/mol. The second-order valence-corrected chi connectivity index (χ2v) is 5.24. The van der Waals surface area contributed by atoms with E-state index in [-0.39, 0.29) is 11.8 Å². The van der Waals surface area contributed by atoms with Crippen LogP contribution in [0.1, 0.15) is 33.1 Å². The monoisotopic (exact) mass is 252 g/mol. The highest BCUT2D eigenvalue weighted by atomic mass is 16.1. The van der Waals surface area contributed by atoms with E-state index in [9.17, 15) is 4.79 Å². The second kappa shape index (κ2) is 6.72. The van der Waals surface area contributed by atoms with E-state index in [2.05, 4.69) is 16.3 Å². The summed E-state index contributed by atoms with van der Waals surface area (Å²) in [5.74, 6) is -0.137. The Hall–Kier alpha value is -1.12. The summed E-state index contributed by atoms with van der Waals surface area (Å²) >= 11 is 0.